The Bertz CT molecular complexity index is 302. The SMILES string of the molecule is Cl.NC(=O)C[C@@H](N)c1ccc(F)cc1. The molecule has 0 aromatic heterocycles. The molecule has 0 unspecified atom stereocenters. The topological polar surface area (TPSA) is 69.1 Å². The third kappa shape index (κ3) is 3.72. The summed E-state index contributed by atoms with van der Waals surface area (Å²) in [6.07, 6.45) is 0.0750. The van der Waals surface area contributed by atoms with Crippen LogP contribution in [0.1, 0.15) is 18.0 Å². The van der Waals surface area contributed by atoms with Gasteiger partial charge >= 0.3 is 0 Å². The fourth-order valence-electron chi connectivity index (χ4n) is 1.04. The first kappa shape index (κ1) is 12.9. The molecule has 0 aliphatic carbocycles. The smallest absolute Gasteiger partial charge is 0.219 e. The van der Waals surface area contributed by atoms with Crippen LogP contribution in [0.3, 0.4) is 0 Å². The van der Waals surface area contributed by atoms with Crippen LogP contribution in [-0.2, 0) is 4.79 Å². The number of carbonyl (C=O) groups excluding carboxylic acids is 1. The second kappa shape index (κ2) is 5.57. The van der Waals surface area contributed by atoms with Gasteiger partial charge in [-0.15, -0.1) is 12.4 Å². The van der Waals surface area contributed by atoms with Crippen LogP contribution < -0.4 is 11.5 Å². The first-order valence-corrected chi connectivity index (χ1v) is 3.89. The van der Waals surface area contributed by atoms with E-state index in [1.807, 2.05) is 0 Å². The van der Waals surface area contributed by atoms with Crippen molar-refractivity contribution in [2.75, 3.05) is 0 Å². The molecule has 78 valence electrons. The number of hydrogen-bond donors (Lipinski definition) is 2. The minimum Gasteiger partial charge on any atom is -0.370 e. The Morgan fingerprint density at radius 2 is 1.86 bits per heavy atom. The molecule has 1 aromatic rings. The summed E-state index contributed by atoms with van der Waals surface area (Å²) in [6.45, 7) is 0. The van der Waals surface area contributed by atoms with Crippen LogP contribution >= 0.6 is 12.4 Å². The van der Waals surface area contributed by atoms with Gasteiger partial charge in [0, 0.05) is 12.5 Å². The van der Waals surface area contributed by atoms with Crippen molar-refractivity contribution >= 4 is 18.3 Å². The van der Waals surface area contributed by atoms with Gasteiger partial charge in [-0.1, -0.05) is 12.1 Å². The predicted molar refractivity (Wildman–Crippen MR) is 54.4 cm³/mol. The Labute approximate surface area is 87.7 Å². The van der Waals surface area contributed by atoms with Crippen molar-refractivity contribution in [1.82, 2.24) is 0 Å². The number of hydrogen-bond acceptors (Lipinski definition) is 2. The maximum atomic E-state index is 12.5. The van der Waals surface area contributed by atoms with E-state index in [1.54, 1.807) is 12.1 Å². The van der Waals surface area contributed by atoms with Crippen LogP contribution in [0, 0.1) is 5.82 Å². The number of primary amides is 1. The lowest BCUT2D eigenvalue weighted by molar-refractivity contribution is -0.118. The molecular weight excluding hydrogens is 207 g/mol. The van der Waals surface area contributed by atoms with Gasteiger partial charge in [0.25, 0.3) is 0 Å². The van der Waals surface area contributed by atoms with E-state index >= 15 is 0 Å². The van der Waals surface area contributed by atoms with Crippen molar-refractivity contribution in [3.8, 4) is 0 Å². The van der Waals surface area contributed by atoms with Crippen LogP contribution in [0.5, 0.6) is 0 Å². The first-order valence-electron chi connectivity index (χ1n) is 3.89. The van der Waals surface area contributed by atoms with Crippen LogP contribution in [0.25, 0.3) is 0 Å². The average Bonchev–Trinajstić information content (AvgIpc) is 2.04. The maximum absolute atomic E-state index is 12.5. The molecule has 14 heavy (non-hydrogen) atoms. The van der Waals surface area contributed by atoms with Gasteiger partial charge < -0.3 is 11.5 Å². The number of benzene rings is 1. The minimum absolute atomic E-state index is 0. The molecule has 5 heteroatoms. The molecule has 3 nitrogen and oxygen atoms in total. The van der Waals surface area contributed by atoms with E-state index in [0.717, 1.165) is 0 Å². The van der Waals surface area contributed by atoms with Gasteiger partial charge in [0.1, 0.15) is 5.82 Å². The average molecular weight is 219 g/mol. The summed E-state index contributed by atoms with van der Waals surface area (Å²) in [6, 6.07) is 5.25. The predicted octanol–water partition coefficient (Wildman–Crippen LogP) is 1.12. The second-order valence-corrected chi connectivity index (χ2v) is 2.83. The quantitative estimate of drug-likeness (QED) is 0.799. The zero-order valence-corrected chi connectivity index (χ0v) is 8.26. The Kier molecular flexibility index (Phi) is 5.12. The normalized spacial score (nSPS) is 11.6. The van der Waals surface area contributed by atoms with Crippen molar-refractivity contribution in [1.29, 1.82) is 0 Å². The Balaban J connectivity index is 0.00000169. The number of carbonyl (C=O) groups is 1. The molecular formula is C9H12ClFN2O. The molecule has 0 spiro atoms. The van der Waals surface area contributed by atoms with Crippen molar-refractivity contribution < 1.29 is 9.18 Å². The minimum atomic E-state index is -0.461. The Hall–Kier alpha value is -1.13. The summed E-state index contributed by atoms with van der Waals surface area (Å²) >= 11 is 0. The molecule has 0 heterocycles. The second-order valence-electron chi connectivity index (χ2n) is 2.83. The summed E-state index contributed by atoms with van der Waals surface area (Å²) in [4.78, 5) is 10.5. The molecule has 0 radical (unpaired) electrons. The van der Waals surface area contributed by atoms with E-state index in [0.29, 0.717) is 5.56 Å². The lowest BCUT2D eigenvalue weighted by Crippen LogP contribution is -2.20. The van der Waals surface area contributed by atoms with Crippen molar-refractivity contribution in [2.45, 2.75) is 12.5 Å². The van der Waals surface area contributed by atoms with E-state index in [-0.39, 0.29) is 24.6 Å². The van der Waals surface area contributed by atoms with E-state index in [4.69, 9.17) is 11.5 Å². The Morgan fingerprint density at radius 1 is 1.36 bits per heavy atom. The van der Waals surface area contributed by atoms with Crippen LogP contribution in [0.4, 0.5) is 4.39 Å². The van der Waals surface area contributed by atoms with E-state index < -0.39 is 11.9 Å². The van der Waals surface area contributed by atoms with Crippen LogP contribution in [0.15, 0.2) is 24.3 Å². The zero-order valence-electron chi connectivity index (χ0n) is 7.44. The number of nitrogens with two attached hydrogens (primary N) is 2. The first-order chi connectivity index (χ1) is 6.09. The van der Waals surface area contributed by atoms with Gasteiger partial charge in [-0.25, -0.2) is 4.39 Å². The lowest BCUT2D eigenvalue weighted by Gasteiger charge is -2.08. The van der Waals surface area contributed by atoms with E-state index in [2.05, 4.69) is 0 Å². The number of amides is 1. The standard InChI is InChI=1S/C9H11FN2O.ClH/c10-7-3-1-6(2-4-7)8(11)5-9(12)13;/h1-4,8H,5,11H2,(H2,12,13);1H/t8-;/m1./s1. The molecule has 0 fully saturated rings. The van der Waals surface area contributed by atoms with Crippen molar-refractivity contribution in [3.63, 3.8) is 0 Å². The number of halogens is 2. The third-order valence-electron chi connectivity index (χ3n) is 1.72. The number of rotatable bonds is 3. The Morgan fingerprint density at radius 3 is 2.29 bits per heavy atom. The van der Waals surface area contributed by atoms with Gasteiger partial charge in [0.05, 0.1) is 0 Å². The van der Waals surface area contributed by atoms with E-state index in [1.165, 1.54) is 12.1 Å². The van der Waals surface area contributed by atoms with Gasteiger partial charge in [0.2, 0.25) is 5.91 Å². The highest BCUT2D eigenvalue weighted by atomic mass is 35.5. The van der Waals surface area contributed by atoms with Gasteiger partial charge in [-0.3, -0.25) is 4.79 Å². The highest BCUT2D eigenvalue weighted by Crippen LogP contribution is 2.13. The van der Waals surface area contributed by atoms with E-state index in [9.17, 15) is 9.18 Å². The van der Waals surface area contributed by atoms with Crippen molar-refractivity contribution in [3.05, 3.63) is 35.6 Å². The molecule has 0 aliphatic rings. The van der Waals surface area contributed by atoms with Crippen LogP contribution in [0.2, 0.25) is 0 Å². The van der Waals surface area contributed by atoms with Crippen molar-refractivity contribution in [2.24, 2.45) is 11.5 Å². The summed E-state index contributed by atoms with van der Waals surface area (Å²) in [5.74, 6) is -0.785. The molecule has 1 rings (SSSR count). The highest BCUT2D eigenvalue weighted by molar-refractivity contribution is 5.85. The fourth-order valence-corrected chi connectivity index (χ4v) is 1.04. The summed E-state index contributed by atoms with van der Waals surface area (Å²) in [5, 5.41) is 0. The molecule has 1 amide bonds. The van der Waals surface area contributed by atoms with Gasteiger partial charge in [-0.2, -0.15) is 0 Å². The molecule has 0 bridgehead atoms. The maximum Gasteiger partial charge on any atom is 0.219 e. The summed E-state index contributed by atoms with van der Waals surface area (Å²) in [5.41, 5.74) is 11.3. The third-order valence-corrected chi connectivity index (χ3v) is 1.72. The molecule has 1 atom stereocenters. The molecule has 0 saturated heterocycles. The van der Waals surface area contributed by atoms with Gasteiger partial charge in [0.15, 0.2) is 0 Å². The summed E-state index contributed by atoms with van der Waals surface area (Å²) in [7, 11) is 0. The largest absolute Gasteiger partial charge is 0.370 e. The fraction of sp³-hybridized carbons (Fsp3) is 0.222. The molecule has 1 aromatic carbocycles. The molecule has 0 saturated carbocycles. The lowest BCUT2D eigenvalue weighted by atomic mass is 10.0. The van der Waals surface area contributed by atoms with Gasteiger partial charge in [-0.05, 0) is 17.7 Å². The highest BCUT2D eigenvalue weighted by Gasteiger charge is 2.08. The molecule has 0 aliphatic heterocycles. The summed E-state index contributed by atoms with van der Waals surface area (Å²) < 4.78 is 12.5. The zero-order chi connectivity index (χ0) is 9.84. The van der Waals surface area contributed by atoms with Crippen LogP contribution in [-0.4, -0.2) is 5.91 Å². The monoisotopic (exact) mass is 218 g/mol. The molecule has 4 N–H and O–H groups in total.